The molecule has 0 atom stereocenters. The molecule has 0 aliphatic carbocycles. The summed E-state index contributed by atoms with van der Waals surface area (Å²) in [7, 11) is 4.53. The summed E-state index contributed by atoms with van der Waals surface area (Å²) < 4.78 is 17.7. The second-order valence-electron chi connectivity index (χ2n) is 5.26. The SMILES string of the molecule is CCCn1nc(NC(=O)c2cc(OC)c(OC)c(OC)c2)cc1C. The summed E-state index contributed by atoms with van der Waals surface area (Å²) in [6.45, 7) is 4.85. The number of hydrogen-bond acceptors (Lipinski definition) is 5. The summed E-state index contributed by atoms with van der Waals surface area (Å²) in [5, 5.41) is 7.18. The molecule has 0 bridgehead atoms. The minimum atomic E-state index is -0.296. The minimum Gasteiger partial charge on any atom is -0.493 e. The molecule has 1 amide bonds. The highest BCUT2D eigenvalue weighted by molar-refractivity contribution is 6.04. The predicted molar refractivity (Wildman–Crippen MR) is 91.3 cm³/mol. The van der Waals surface area contributed by atoms with Crippen molar-refractivity contribution in [2.45, 2.75) is 26.8 Å². The first-order valence-corrected chi connectivity index (χ1v) is 7.69. The van der Waals surface area contributed by atoms with E-state index < -0.39 is 0 Å². The molecule has 0 aliphatic rings. The van der Waals surface area contributed by atoms with Crippen LogP contribution in [-0.2, 0) is 6.54 Å². The number of nitrogens with zero attached hydrogens (tertiary/aromatic N) is 2. The second-order valence-corrected chi connectivity index (χ2v) is 5.26. The van der Waals surface area contributed by atoms with Crippen LogP contribution in [0.5, 0.6) is 17.2 Å². The number of aromatic nitrogens is 2. The fraction of sp³-hybridized carbons (Fsp3) is 0.412. The molecule has 1 heterocycles. The van der Waals surface area contributed by atoms with Crippen molar-refractivity contribution in [1.82, 2.24) is 9.78 Å². The number of nitrogens with one attached hydrogen (secondary N) is 1. The zero-order valence-corrected chi connectivity index (χ0v) is 14.7. The van der Waals surface area contributed by atoms with Gasteiger partial charge in [-0.25, -0.2) is 0 Å². The molecule has 24 heavy (non-hydrogen) atoms. The van der Waals surface area contributed by atoms with Gasteiger partial charge >= 0.3 is 0 Å². The molecule has 0 unspecified atom stereocenters. The molecule has 0 aliphatic heterocycles. The van der Waals surface area contributed by atoms with Crippen LogP contribution in [-0.4, -0.2) is 37.0 Å². The molecule has 0 fully saturated rings. The van der Waals surface area contributed by atoms with E-state index >= 15 is 0 Å². The molecule has 2 aromatic rings. The van der Waals surface area contributed by atoms with Crippen molar-refractivity contribution >= 4 is 11.7 Å². The van der Waals surface area contributed by atoms with E-state index in [9.17, 15) is 4.79 Å². The number of rotatable bonds is 7. The first-order valence-electron chi connectivity index (χ1n) is 7.69. The number of methoxy groups -OCH3 is 3. The lowest BCUT2D eigenvalue weighted by Gasteiger charge is -2.13. The maximum absolute atomic E-state index is 12.5. The molecule has 0 radical (unpaired) electrons. The van der Waals surface area contributed by atoms with Gasteiger partial charge in [-0.1, -0.05) is 6.92 Å². The van der Waals surface area contributed by atoms with Crippen LogP contribution in [0, 0.1) is 6.92 Å². The van der Waals surface area contributed by atoms with E-state index in [0.29, 0.717) is 28.6 Å². The van der Waals surface area contributed by atoms with Crippen LogP contribution < -0.4 is 19.5 Å². The van der Waals surface area contributed by atoms with Crippen LogP contribution in [0.1, 0.15) is 29.4 Å². The van der Waals surface area contributed by atoms with Crippen LogP contribution in [0.3, 0.4) is 0 Å². The Labute approximate surface area is 141 Å². The molecular formula is C17H23N3O4. The first kappa shape index (κ1) is 17.7. The van der Waals surface area contributed by atoms with E-state index in [-0.39, 0.29) is 5.91 Å². The number of anilines is 1. The van der Waals surface area contributed by atoms with Gasteiger partial charge in [0, 0.05) is 23.9 Å². The van der Waals surface area contributed by atoms with Gasteiger partial charge in [-0.3, -0.25) is 9.48 Å². The Morgan fingerprint density at radius 3 is 2.25 bits per heavy atom. The summed E-state index contributed by atoms with van der Waals surface area (Å²) in [6.07, 6.45) is 0.975. The summed E-state index contributed by atoms with van der Waals surface area (Å²) in [5.41, 5.74) is 1.39. The topological polar surface area (TPSA) is 74.6 Å². The van der Waals surface area contributed by atoms with Gasteiger partial charge in [0.05, 0.1) is 21.3 Å². The molecule has 130 valence electrons. The zero-order chi connectivity index (χ0) is 17.7. The Morgan fingerprint density at radius 1 is 1.12 bits per heavy atom. The van der Waals surface area contributed by atoms with Crippen molar-refractivity contribution in [2.75, 3.05) is 26.6 Å². The lowest BCUT2D eigenvalue weighted by atomic mass is 10.1. The monoisotopic (exact) mass is 333 g/mol. The van der Waals surface area contributed by atoms with Gasteiger partial charge in [0.1, 0.15) is 0 Å². The van der Waals surface area contributed by atoms with Gasteiger partial charge in [0.15, 0.2) is 17.3 Å². The van der Waals surface area contributed by atoms with Crippen LogP contribution >= 0.6 is 0 Å². The van der Waals surface area contributed by atoms with Crippen molar-refractivity contribution < 1.29 is 19.0 Å². The van der Waals surface area contributed by atoms with Crippen molar-refractivity contribution in [3.05, 3.63) is 29.5 Å². The molecule has 2 rings (SSSR count). The van der Waals surface area contributed by atoms with E-state index in [4.69, 9.17) is 14.2 Å². The highest BCUT2D eigenvalue weighted by atomic mass is 16.5. The summed E-state index contributed by atoms with van der Waals surface area (Å²) in [6, 6.07) is 5.05. The molecule has 1 aromatic heterocycles. The minimum absolute atomic E-state index is 0.296. The van der Waals surface area contributed by atoms with Crippen LogP contribution in [0.2, 0.25) is 0 Å². The first-order chi connectivity index (χ1) is 11.5. The van der Waals surface area contributed by atoms with Crippen molar-refractivity contribution in [2.24, 2.45) is 0 Å². The normalized spacial score (nSPS) is 10.4. The molecule has 1 N–H and O–H groups in total. The van der Waals surface area contributed by atoms with E-state index in [1.165, 1.54) is 21.3 Å². The Balaban J connectivity index is 2.28. The number of amides is 1. The van der Waals surface area contributed by atoms with Crippen LogP contribution in [0.15, 0.2) is 18.2 Å². The Hall–Kier alpha value is -2.70. The Bertz CT molecular complexity index is 700. The van der Waals surface area contributed by atoms with E-state index in [2.05, 4.69) is 17.3 Å². The number of ether oxygens (including phenoxy) is 3. The van der Waals surface area contributed by atoms with Gasteiger partial charge < -0.3 is 19.5 Å². The quantitative estimate of drug-likeness (QED) is 0.843. The fourth-order valence-electron chi connectivity index (χ4n) is 2.41. The number of benzene rings is 1. The summed E-state index contributed by atoms with van der Waals surface area (Å²) in [4.78, 5) is 12.5. The highest BCUT2D eigenvalue weighted by Crippen LogP contribution is 2.38. The smallest absolute Gasteiger partial charge is 0.257 e. The predicted octanol–water partition coefficient (Wildman–Crippen LogP) is 2.88. The van der Waals surface area contributed by atoms with Gasteiger partial charge in [0.25, 0.3) is 5.91 Å². The lowest BCUT2D eigenvalue weighted by molar-refractivity contribution is 0.102. The van der Waals surface area contributed by atoms with Gasteiger partial charge in [-0.15, -0.1) is 0 Å². The van der Waals surface area contributed by atoms with Crippen LogP contribution in [0.4, 0.5) is 5.82 Å². The molecule has 7 nitrogen and oxygen atoms in total. The largest absolute Gasteiger partial charge is 0.493 e. The average Bonchev–Trinajstić information content (AvgIpc) is 2.92. The molecule has 0 saturated heterocycles. The number of hydrogen-bond donors (Lipinski definition) is 1. The average molecular weight is 333 g/mol. The fourth-order valence-corrected chi connectivity index (χ4v) is 2.41. The van der Waals surface area contributed by atoms with E-state index in [1.807, 2.05) is 17.7 Å². The van der Waals surface area contributed by atoms with Crippen molar-refractivity contribution in [3.8, 4) is 17.2 Å². The van der Waals surface area contributed by atoms with Crippen molar-refractivity contribution in [3.63, 3.8) is 0 Å². The lowest BCUT2D eigenvalue weighted by Crippen LogP contribution is -2.13. The van der Waals surface area contributed by atoms with Gasteiger partial charge in [-0.05, 0) is 25.5 Å². The summed E-state index contributed by atoms with van der Waals surface area (Å²) in [5.74, 6) is 1.51. The maximum atomic E-state index is 12.5. The third kappa shape index (κ3) is 3.61. The number of carbonyl (C=O) groups excluding carboxylic acids is 1. The molecule has 0 saturated carbocycles. The van der Waals surface area contributed by atoms with Gasteiger partial charge in [-0.2, -0.15) is 5.10 Å². The van der Waals surface area contributed by atoms with Crippen molar-refractivity contribution in [1.29, 1.82) is 0 Å². The standard InChI is InChI=1S/C17H23N3O4/c1-6-7-20-11(2)8-15(19-20)18-17(21)12-9-13(22-3)16(24-5)14(10-12)23-4/h8-10H,6-7H2,1-5H3,(H,18,19,21). The number of aryl methyl sites for hydroxylation is 2. The zero-order valence-electron chi connectivity index (χ0n) is 14.7. The van der Waals surface area contributed by atoms with E-state index in [0.717, 1.165) is 18.7 Å². The molecule has 7 heteroatoms. The summed E-state index contributed by atoms with van der Waals surface area (Å²) >= 11 is 0. The highest BCUT2D eigenvalue weighted by Gasteiger charge is 2.18. The molecular weight excluding hydrogens is 310 g/mol. The van der Waals surface area contributed by atoms with Gasteiger partial charge in [0.2, 0.25) is 5.75 Å². The Kier molecular flexibility index (Phi) is 5.68. The maximum Gasteiger partial charge on any atom is 0.257 e. The van der Waals surface area contributed by atoms with E-state index in [1.54, 1.807) is 12.1 Å². The second kappa shape index (κ2) is 7.72. The third-order valence-corrected chi connectivity index (χ3v) is 3.59. The molecule has 0 spiro atoms. The molecule has 1 aromatic carbocycles. The number of carbonyl (C=O) groups is 1. The third-order valence-electron chi connectivity index (χ3n) is 3.59. The Morgan fingerprint density at radius 2 is 1.75 bits per heavy atom. The van der Waals surface area contributed by atoms with Crippen LogP contribution in [0.25, 0.3) is 0 Å².